The molecule has 1 heterocycles. The van der Waals surface area contributed by atoms with Crippen molar-refractivity contribution in [3.63, 3.8) is 0 Å². The fourth-order valence-electron chi connectivity index (χ4n) is 1.36. The number of hydrogen-bond donors (Lipinski definition) is 0. The van der Waals surface area contributed by atoms with E-state index < -0.39 is 0 Å². The quantitative estimate of drug-likeness (QED) is 0.600. The highest BCUT2D eigenvalue weighted by molar-refractivity contribution is 6.28. The second kappa shape index (κ2) is 2.96. The molecule has 0 aliphatic heterocycles. The van der Waals surface area contributed by atoms with Crippen molar-refractivity contribution in [3.8, 4) is 0 Å². The lowest BCUT2D eigenvalue weighted by Gasteiger charge is -2.01. The van der Waals surface area contributed by atoms with Gasteiger partial charge in [0, 0.05) is 5.39 Å². The van der Waals surface area contributed by atoms with Gasteiger partial charge in [0.1, 0.15) is 0 Å². The standard InChI is InChI=1S/C10H9ClN2/c1-6-3-4-9-8(5-6)7(2)12-10(11)13-9/h3-5H,1-2H3. The fraction of sp³-hybridized carbons (Fsp3) is 0.200. The lowest BCUT2D eigenvalue weighted by atomic mass is 10.1. The molecule has 0 atom stereocenters. The van der Waals surface area contributed by atoms with Gasteiger partial charge in [-0.25, -0.2) is 9.97 Å². The first-order valence-corrected chi connectivity index (χ1v) is 4.45. The largest absolute Gasteiger partial charge is 0.223 e. The van der Waals surface area contributed by atoms with Crippen LogP contribution in [0.4, 0.5) is 0 Å². The third-order valence-electron chi connectivity index (χ3n) is 2.01. The average molecular weight is 193 g/mol. The molecule has 0 amide bonds. The van der Waals surface area contributed by atoms with Crippen molar-refractivity contribution >= 4 is 22.5 Å². The summed E-state index contributed by atoms with van der Waals surface area (Å²) in [5.74, 6) is 0. The van der Waals surface area contributed by atoms with Gasteiger partial charge in [-0.1, -0.05) is 11.6 Å². The molecule has 2 nitrogen and oxygen atoms in total. The maximum atomic E-state index is 5.74. The first-order valence-electron chi connectivity index (χ1n) is 4.07. The van der Waals surface area contributed by atoms with E-state index in [-0.39, 0.29) is 0 Å². The molecule has 0 radical (unpaired) electrons. The summed E-state index contributed by atoms with van der Waals surface area (Å²) < 4.78 is 0. The maximum Gasteiger partial charge on any atom is 0.223 e. The van der Waals surface area contributed by atoms with Crippen LogP contribution in [0.5, 0.6) is 0 Å². The highest BCUT2D eigenvalue weighted by Crippen LogP contribution is 2.18. The maximum absolute atomic E-state index is 5.74. The molecule has 1 aromatic carbocycles. The Morgan fingerprint density at radius 1 is 1.15 bits per heavy atom. The summed E-state index contributed by atoms with van der Waals surface area (Å²) in [7, 11) is 0. The van der Waals surface area contributed by atoms with Gasteiger partial charge in [0.2, 0.25) is 5.28 Å². The zero-order valence-corrected chi connectivity index (χ0v) is 8.26. The molecular formula is C10H9ClN2. The smallest absolute Gasteiger partial charge is 0.223 e. The van der Waals surface area contributed by atoms with Crippen molar-refractivity contribution in [2.24, 2.45) is 0 Å². The molecule has 0 aliphatic carbocycles. The zero-order valence-electron chi connectivity index (χ0n) is 7.50. The van der Waals surface area contributed by atoms with Crippen LogP contribution in [0.2, 0.25) is 5.28 Å². The Hall–Kier alpha value is -1.15. The minimum Gasteiger partial charge on any atom is -0.223 e. The summed E-state index contributed by atoms with van der Waals surface area (Å²) in [6.07, 6.45) is 0. The fourth-order valence-corrected chi connectivity index (χ4v) is 1.58. The van der Waals surface area contributed by atoms with Gasteiger partial charge < -0.3 is 0 Å². The van der Waals surface area contributed by atoms with Crippen LogP contribution < -0.4 is 0 Å². The summed E-state index contributed by atoms with van der Waals surface area (Å²) in [5, 5.41) is 1.39. The van der Waals surface area contributed by atoms with Crippen LogP contribution in [0.15, 0.2) is 18.2 Å². The summed E-state index contributed by atoms with van der Waals surface area (Å²) in [4.78, 5) is 8.23. The monoisotopic (exact) mass is 192 g/mol. The van der Waals surface area contributed by atoms with Crippen LogP contribution in [-0.4, -0.2) is 9.97 Å². The van der Waals surface area contributed by atoms with Crippen LogP contribution in [-0.2, 0) is 0 Å². The molecule has 3 heteroatoms. The van der Waals surface area contributed by atoms with Crippen LogP contribution in [0.25, 0.3) is 10.9 Å². The second-order valence-electron chi connectivity index (χ2n) is 3.10. The predicted molar refractivity (Wildman–Crippen MR) is 54.0 cm³/mol. The lowest BCUT2D eigenvalue weighted by molar-refractivity contribution is 1.15. The molecule has 0 N–H and O–H groups in total. The third kappa shape index (κ3) is 1.49. The van der Waals surface area contributed by atoms with E-state index >= 15 is 0 Å². The Morgan fingerprint density at radius 3 is 2.69 bits per heavy atom. The zero-order chi connectivity index (χ0) is 9.42. The molecule has 2 aromatic rings. The van der Waals surface area contributed by atoms with Crippen molar-refractivity contribution in [1.82, 2.24) is 9.97 Å². The number of nitrogens with zero attached hydrogens (tertiary/aromatic N) is 2. The second-order valence-corrected chi connectivity index (χ2v) is 3.44. The highest BCUT2D eigenvalue weighted by Gasteiger charge is 2.01. The van der Waals surface area contributed by atoms with Gasteiger partial charge in [0.25, 0.3) is 0 Å². The Bertz CT molecular complexity index is 466. The van der Waals surface area contributed by atoms with Crippen molar-refractivity contribution < 1.29 is 0 Å². The molecule has 0 spiro atoms. The number of hydrogen-bond acceptors (Lipinski definition) is 2. The summed E-state index contributed by atoms with van der Waals surface area (Å²) in [6, 6.07) is 6.05. The molecule has 2 rings (SSSR count). The van der Waals surface area contributed by atoms with Crippen molar-refractivity contribution in [1.29, 1.82) is 0 Å². The normalized spacial score (nSPS) is 10.7. The molecule has 66 valence electrons. The predicted octanol–water partition coefficient (Wildman–Crippen LogP) is 2.90. The Morgan fingerprint density at radius 2 is 1.92 bits per heavy atom. The van der Waals surface area contributed by atoms with Gasteiger partial charge in [0.15, 0.2) is 0 Å². The average Bonchev–Trinajstić information content (AvgIpc) is 2.06. The third-order valence-corrected chi connectivity index (χ3v) is 2.18. The first kappa shape index (κ1) is 8.45. The molecule has 0 saturated carbocycles. The minimum atomic E-state index is 0.314. The number of aromatic nitrogens is 2. The molecule has 0 aliphatic rings. The number of halogens is 1. The highest BCUT2D eigenvalue weighted by atomic mass is 35.5. The molecule has 1 aromatic heterocycles. The SMILES string of the molecule is Cc1ccc2nc(Cl)nc(C)c2c1. The molecule has 0 fully saturated rings. The van der Waals surface area contributed by atoms with Crippen LogP contribution in [0.1, 0.15) is 11.3 Å². The van der Waals surface area contributed by atoms with Crippen molar-refractivity contribution in [2.45, 2.75) is 13.8 Å². The Kier molecular flexibility index (Phi) is 1.93. The van der Waals surface area contributed by atoms with Crippen LogP contribution >= 0.6 is 11.6 Å². The topological polar surface area (TPSA) is 25.8 Å². The van der Waals surface area contributed by atoms with Crippen LogP contribution in [0.3, 0.4) is 0 Å². The van der Waals surface area contributed by atoms with E-state index in [0.717, 1.165) is 16.6 Å². The molecular weight excluding hydrogens is 184 g/mol. The van der Waals surface area contributed by atoms with E-state index in [0.29, 0.717) is 5.28 Å². The van der Waals surface area contributed by atoms with Crippen molar-refractivity contribution in [2.75, 3.05) is 0 Å². The van der Waals surface area contributed by atoms with E-state index in [4.69, 9.17) is 11.6 Å². The van der Waals surface area contributed by atoms with E-state index in [1.165, 1.54) is 5.56 Å². The number of fused-ring (bicyclic) bond motifs is 1. The summed E-state index contributed by atoms with van der Waals surface area (Å²) in [5.41, 5.74) is 3.04. The molecule has 0 unspecified atom stereocenters. The van der Waals surface area contributed by atoms with Gasteiger partial charge in [-0.2, -0.15) is 0 Å². The van der Waals surface area contributed by atoms with Gasteiger partial charge >= 0.3 is 0 Å². The number of aryl methyl sites for hydroxylation is 2. The van der Waals surface area contributed by atoms with E-state index in [1.54, 1.807) is 0 Å². The van der Waals surface area contributed by atoms with Crippen LogP contribution in [0, 0.1) is 13.8 Å². The lowest BCUT2D eigenvalue weighted by Crippen LogP contribution is -1.90. The van der Waals surface area contributed by atoms with Crippen molar-refractivity contribution in [3.05, 3.63) is 34.7 Å². The Labute approximate surface area is 81.6 Å². The van der Waals surface area contributed by atoms with E-state index in [9.17, 15) is 0 Å². The first-order chi connectivity index (χ1) is 6.16. The summed E-state index contributed by atoms with van der Waals surface area (Å²) in [6.45, 7) is 3.99. The van der Waals surface area contributed by atoms with Gasteiger partial charge in [0.05, 0.1) is 11.2 Å². The van der Waals surface area contributed by atoms with Gasteiger partial charge in [-0.3, -0.25) is 0 Å². The minimum absolute atomic E-state index is 0.314. The van der Waals surface area contributed by atoms with E-state index in [1.807, 2.05) is 26.0 Å². The molecule has 0 saturated heterocycles. The van der Waals surface area contributed by atoms with Gasteiger partial charge in [-0.05, 0) is 37.6 Å². The number of rotatable bonds is 0. The van der Waals surface area contributed by atoms with E-state index in [2.05, 4.69) is 16.0 Å². The Balaban J connectivity index is 2.87. The summed E-state index contributed by atoms with van der Waals surface area (Å²) >= 11 is 5.74. The molecule has 0 bridgehead atoms. The molecule has 13 heavy (non-hydrogen) atoms. The van der Waals surface area contributed by atoms with Gasteiger partial charge in [-0.15, -0.1) is 0 Å². The number of benzene rings is 1.